The summed E-state index contributed by atoms with van der Waals surface area (Å²) in [5.41, 5.74) is 1.43. The number of alkyl carbamates (subject to hydrolysis) is 1. The smallest absolute Gasteiger partial charge is 0.407 e. The lowest BCUT2D eigenvalue weighted by molar-refractivity contribution is -0.0953. The van der Waals surface area contributed by atoms with Crippen molar-refractivity contribution in [2.24, 2.45) is 17.8 Å². The summed E-state index contributed by atoms with van der Waals surface area (Å²) in [4.78, 5) is 17.7. The van der Waals surface area contributed by atoms with E-state index >= 15 is 0 Å². The van der Waals surface area contributed by atoms with Gasteiger partial charge in [0.15, 0.2) is 11.4 Å². The molecule has 0 saturated carbocycles. The number of hydrogen-bond acceptors (Lipinski definition) is 10. The largest absolute Gasteiger partial charge is 0.443 e. The van der Waals surface area contributed by atoms with Gasteiger partial charge in [0.25, 0.3) is 5.92 Å². The highest BCUT2D eigenvalue weighted by atomic mass is 32.2. The molecule has 2 aliphatic heterocycles. The fraction of sp³-hybridized carbons (Fsp3) is 0.562. The maximum atomic E-state index is 14.4. The predicted octanol–water partition coefficient (Wildman–Crippen LogP) is 4.72. The third-order valence-corrected chi connectivity index (χ3v) is 10.8. The second-order valence-electron chi connectivity index (χ2n) is 12.9. The summed E-state index contributed by atoms with van der Waals surface area (Å²) in [6, 6.07) is 12.7. The van der Waals surface area contributed by atoms with Crippen molar-refractivity contribution >= 4 is 42.8 Å². The molecule has 5 atom stereocenters. The number of aliphatic hydroxyl groups excluding tert-OH is 1. The Morgan fingerprint density at radius 2 is 1.87 bits per heavy atom. The molecule has 1 aromatic heterocycles. The highest BCUT2D eigenvalue weighted by Gasteiger charge is 2.60. The molecule has 0 bridgehead atoms. The van der Waals surface area contributed by atoms with Crippen LogP contribution in [0.1, 0.15) is 33.3 Å². The summed E-state index contributed by atoms with van der Waals surface area (Å²) in [5, 5.41) is 18.1. The second-order valence-corrected chi connectivity index (χ2v) is 15.9. The number of hydrogen-bond donors (Lipinski definition) is 3. The molecule has 3 N–H and O–H groups in total. The van der Waals surface area contributed by atoms with E-state index in [0.29, 0.717) is 21.3 Å². The van der Waals surface area contributed by atoms with Crippen LogP contribution in [0.4, 0.5) is 18.7 Å². The van der Waals surface area contributed by atoms with E-state index in [1.165, 1.54) is 21.7 Å². The molecular weight excluding hydrogens is 655 g/mol. The summed E-state index contributed by atoms with van der Waals surface area (Å²) in [5.74, 6) is -4.36. The zero-order valence-electron chi connectivity index (χ0n) is 26.8. The van der Waals surface area contributed by atoms with Crippen molar-refractivity contribution in [3.8, 4) is 0 Å². The van der Waals surface area contributed by atoms with Gasteiger partial charge in [-0.3, -0.25) is 0 Å². The minimum atomic E-state index is -4.10. The Hall–Kier alpha value is -2.95. The molecule has 2 aromatic carbocycles. The molecule has 3 heterocycles. The molecule has 258 valence electrons. The topological polar surface area (TPSA) is 139 Å². The van der Waals surface area contributed by atoms with Gasteiger partial charge < -0.3 is 30.0 Å². The average Bonchev–Trinajstić information content (AvgIpc) is 3.70. The normalized spacial score (nSPS) is 22.1. The number of nitrogens with one attached hydrogen (secondary N) is 2. The first-order valence-corrected chi connectivity index (χ1v) is 17.9. The van der Waals surface area contributed by atoms with Crippen LogP contribution in [-0.2, 0) is 30.7 Å². The van der Waals surface area contributed by atoms with E-state index in [4.69, 9.17) is 14.2 Å². The number of amides is 1. The molecule has 15 heteroatoms. The number of fused-ring (bicyclic) bond motifs is 2. The maximum Gasteiger partial charge on any atom is 0.407 e. The standard InChI is InChI=1S/C32H42F2N4O7S2/c1-19(2)14-35-30-36-23-11-10-22(13-27(23)46-30)47(41,42)38(15-20(3)4)16-25(39)24(12-21-8-6-5-7-9-21)37-31(40)45-26-17-43-29-28(26)32(33,34)18-44-29/h5-11,13,19-20,24-26,28-29,39H,12,14-18H2,1-4H3,(H,35,36)(H,37,40)/t24-,25+,26?,28-,29-/m0/s1. The Morgan fingerprint density at radius 1 is 1.13 bits per heavy atom. The van der Waals surface area contributed by atoms with E-state index in [1.54, 1.807) is 36.4 Å². The van der Waals surface area contributed by atoms with E-state index in [2.05, 4.69) is 29.5 Å². The van der Waals surface area contributed by atoms with Gasteiger partial charge in [0.1, 0.15) is 18.6 Å². The lowest BCUT2D eigenvalue weighted by Gasteiger charge is -2.31. The van der Waals surface area contributed by atoms with Crippen LogP contribution in [0.3, 0.4) is 0 Å². The van der Waals surface area contributed by atoms with Gasteiger partial charge in [0.2, 0.25) is 10.0 Å². The fourth-order valence-corrected chi connectivity index (χ4v) is 8.30. The Bertz CT molecular complexity index is 1620. The summed E-state index contributed by atoms with van der Waals surface area (Å²) in [7, 11) is -4.10. The van der Waals surface area contributed by atoms with Crippen LogP contribution in [0.5, 0.6) is 0 Å². The summed E-state index contributed by atoms with van der Waals surface area (Å²) >= 11 is 1.36. The number of rotatable bonds is 14. The van der Waals surface area contributed by atoms with Gasteiger partial charge in [-0.05, 0) is 42.0 Å². The molecule has 0 aliphatic carbocycles. The predicted molar refractivity (Wildman–Crippen MR) is 174 cm³/mol. The van der Waals surface area contributed by atoms with E-state index in [-0.39, 0.29) is 36.9 Å². The average molecular weight is 697 g/mol. The van der Waals surface area contributed by atoms with Crippen LogP contribution in [0, 0.1) is 17.8 Å². The van der Waals surface area contributed by atoms with Crippen molar-refractivity contribution in [2.75, 3.05) is 38.2 Å². The minimum absolute atomic E-state index is 0.0550. The van der Waals surface area contributed by atoms with Crippen molar-refractivity contribution < 1.29 is 41.3 Å². The summed E-state index contributed by atoms with van der Waals surface area (Å²) in [6.45, 7) is 7.29. The Kier molecular flexibility index (Phi) is 11.0. The number of anilines is 1. The van der Waals surface area contributed by atoms with Crippen molar-refractivity contribution in [2.45, 2.75) is 69.5 Å². The molecule has 0 spiro atoms. The van der Waals surface area contributed by atoms with E-state index in [0.717, 1.165) is 12.1 Å². The number of carbonyl (C=O) groups is 1. The van der Waals surface area contributed by atoms with Crippen LogP contribution in [0.25, 0.3) is 10.2 Å². The van der Waals surface area contributed by atoms with E-state index in [1.807, 2.05) is 19.9 Å². The summed E-state index contributed by atoms with van der Waals surface area (Å²) < 4.78 is 74.4. The van der Waals surface area contributed by atoms with Gasteiger partial charge in [0.05, 0.1) is 33.9 Å². The molecule has 2 fully saturated rings. The molecule has 5 rings (SSSR count). The quantitative estimate of drug-likeness (QED) is 0.219. The van der Waals surface area contributed by atoms with Crippen LogP contribution >= 0.6 is 11.3 Å². The monoisotopic (exact) mass is 696 g/mol. The first-order chi connectivity index (χ1) is 22.2. The lowest BCUT2D eigenvalue weighted by atomic mass is 9.99. The number of alkyl halides is 2. The van der Waals surface area contributed by atoms with Gasteiger partial charge in [-0.15, -0.1) is 0 Å². The van der Waals surface area contributed by atoms with Crippen LogP contribution in [-0.4, -0.2) is 92.2 Å². The van der Waals surface area contributed by atoms with Crippen molar-refractivity contribution in [1.29, 1.82) is 0 Å². The first kappa shape index (κ1) is 35.4. The molecule has 3 aromatic rings. The maximum absolute atomic E-state index is 14.4. The van der Waals surface area contributed by atoms with Gasteiger partial charge in [-0.2, -0.15) is 4.31 Å². The number of benzene rings is 2. The van der Waals surface area contributed by atoms with Gasteiger partial charge in [-0.1, -0.05) is 69.4 Å². The minimum Gasteiger partial charge on any atom is -0.443 e. The van der Waals surface area contributed by atoms with Crippen molar-refractivity contribution in [1.82, 2.24) is 14.6 Å². The molecule has 2 aliphatic rings. The first-order valence-electron chi connectivity index (χ1n) is 15.7. The number of nitrogens with zero attached hydrogens (tertiary/aromatic N) is 2. The Labute approximate surface area is 277 Å². The number of halogens is 2. The SMILES string of the molecule is CC(C)CNc1nc2ccc(S(=O)(=O)N(CC(C)C)C[C@@H](O)[C@H](Cc3ccccc3)NC(=O)OC3CO[C@H]4OCC(F)(F)[C@@H]34)cc2s1. The van der Waals surface area contributed by atoms with Gasteiger partial charge in [0, 0.05) is 19.6 Å². The van der Waals surface area contributed by atoms with Crippen molar-refractivity contribution in [3.63, 3.8) is 0 Å². The van der Waals surface area contributed by atoms with Gasteiger partial charge in [-0.25, -0.2) is 27.0 Å². The van der Waals surface area contributed by atoms with Crippen LogP contribution < -0.4 is 10.6 Å². The number of carbonyl (C=O) groups excluding carboxylic acids is 1. The Balaban J connectivity index is 1.35. The molecular formula is C32H42F2N4O7S2. The second kappa shape index (κ2) is 14.7. The Morgan fingerprint density at radius 3 is 2.57 bits per heavy atom. The van der Waals surface area contributed by atoms with Crippen molar-refractivity contribution in [3.05, 3.63) is 54.1 Å². The number of sulfonamides is 1. The molecule has 1 amide bonds. The molecule has 2 saturated heterocycles. The zero-order chi connectivity index (χ0) is 33.9. The van der Waals surface area contributed by atoms with E-state index < -0.39 is 59.1 Å². The van der Waals surface area contributed by atoms with E-state index in [9.17, 15) is 27.1 Å². The van der Waals surface area contributed by atoms with Gasteiger partial charge >= 0.3 is 6.09 Å². The highest BCUT2D eigenvalue weighted by Crippen LogP contribution is 2.43. The lowest BCUT2D eigenvalue weighted by Crippen LogP contribution is -2.52. The molecule has 0 radical (unpaired) electrons. The number of aromatic nitrogens is 1. The summed E-state index contributed by atoms with van der Waals surface area (Å²) in [6.07, 6.45) is -4.72. The van der Waals surface area contributed by atoms with Crippen LogP contribution in [0.2, 0.25) is 0 Å². The molecule has 11 nitrogen and oxygen atoms in total. The number of thiazole rings is 1. The number of ether oxygens (including phenoxy) is 3. The fourth-order valence-electron chi connectivity index (χ4n) is 5.66. The third-order valence-electron chi connectivity index (χ3n) is 7.99. The molecule has 1 unspecified atom stereocenters. The molecule has 47 heavy (non-hydrogen) atoms. The zero-order valence-corrected chi connectivity index (χ0v) is 28.4. The number of aliphatic hydroxyl groups is 1. The van der Waals surface area contributed by atoms with Crippen LogP contribution in [0.15, 0.2) is 53.4 Å². The highest BCUT2D eigenvalue weighted by molar-refractivity contribution is 7.89. The third kappa shape index (κ3) is 8.56.